The van der Waals surface area contributed by atoms with Crippen LogP contribution in [0.5, 0.6) is 0 Å². The first-order chi connectivity index (χ1) is 9.51. The maximum Gasteiger partial charge on any atom is 0.338 e. The first-order valence-electron chi connectivity index (χ1n) is 6.27. The molecule has 0 aromatic heterocycles. The maximum absolute atomic E-state index is 11.9. The van der Waals surface area contributed by atoms with Crippen LogP contribution in [0, 0.1) is 0 Å². The number of esters is 1. The van der Waals surface area contributed by atoms with Gasteiger partial charge in [0.15, 0.2) is 0 Å². The second-order valence-electron chi connectivity index (χ2n) is 3.99. The Morgan fingerprint density at radius 3 is 2.45 bits per heavy atom. The van der Waals surface area contributed by atoms with Crippen molar-refractivity contribution in [3.63, 3.8) is 0 Å². The van der Waals surface area contributed by atoms with Gasteiger partial charge in [0, 0.05) is 20.3 Å². The smallest absolute Gasteiger partial charge is 0.338 e. The summed E-state index contributed by atoms with van der Waals surface area (Å²) in [5.74, 6) is -0.468. The molecule has 0 unspecified atom stereocenters. The van der Waals surface area contributed by atoms with Crippen molar-refractivity contribution >= 4 is 16.0 Å². The zero-order chi connectivity index (χ0) is 15.0. The van der Waals surface area contributed by atoms with Gasteiger partial charge in [-0.05, 0) is 37.6 Å². The number of hydrogen-bond acceptors (Lipinski definition) is 5. The highest BCUT2D eigenvalue weighted by molar-refractivity contribution is 7.89. The molecular formula is C13H19NO5S. The monoisotopic (exact) mass is 301 g/mol. The summed E-state index contributed by atoms with van der Waals surface area (Å²) in [6.07, 6.45) is 0.594. The van der Waals surface area contributed by atoms with Gasteiger partial charge in [0.1, 0.15) is 0 Å². The third-order valence-electron chi connectivity index (χ3n) is 2.49. The van der Waals surface area contributed by atoms with Crippen molar-refractivity contribution < 1.29 is 22.7 Å². The SMILES string of the molecule is CCOC(=O)c1ccc(S(=O)(=O)NCCCOC)cc1. The summed E-state index contributed by atoms with van der Waals surface area (Å²) in [5.41, 5.74) is 0.324. The van der Waals surface area contributed by atoms with Crippen LogP contribution in [0.1, 0.15) is 23.7 Å². The van der Waals surface area contributed by atoms with Crippen molar-refractivity contribution in [2.24, 2.45) is 0 Å². The third-order valence-corrected chi connectivity index (χ3v) is 3.97. The Morgan fingerprint density at radius 1 is 1.25 bits per heavy atom. The molecule has 1 N–H and O–H groups in total. The van der Waals surface area contributed by atoms with Crippen molar-refractivity contribution in [1.29, 1.82) is 0 Å². The number of ether oxygens (including phenoxy) is 2. The van der Waals surface area contributed by atoms with E-state index in [1.54, 1.807) is 14.0 Å². The molecular weight excluding hydrogens is 282 g/mol. The van der Waals surface area contributed by atoms with E-state index in [4.69, 9.17) is 9.47 Å². The van der Waals surface area contributed by atoms with Crippen LogP contribution in [0.25, 0.3) is 0 Å². The van der Waals surface area contributed by atoms with E-state index in [0.29, 0.717) is 25.1 Å². The summed E-state index contributed by atoms with van der Waals surface area (Å²) in [7, 11) is -2.00. The average Bonchev–Trinajstić information content (AvgIpc) is 2.44. The first kappa shape index (κ1) is 16.6. The van der Waals surface area contributed by atoms with Crippen molar-refractivity contribution in [3.8, 4) is 0 Å². The minimum atomic E-state index is -3.55. The number of rotatable bonds is 8. The van der Waals surface area contributed by atoms with Crippen LogP contribution in [-0.2, 0) is 19.5 Å². The number of carbonyl (C=O) groups is 1. The number of benzene rings is 1. The van der Waals surface area contributed by atoms with Crippen molar-refractivity contribution in [2.75, 3.05) is 26.9 Å². The molecule has 0 saturated heterocycles. The predicted molar refractivity (Wildman–Crippen MR) is 74.1 cm³/mol. The van der Waals surface area contributed by atoms with Gasteiger partial charge in [-0.25, -0.2) is 17.9 Å². The zero-order valence-corrected chi connectivity index (χ0v) is 12.4. The Bertz CT molecular complexity index is 524. The zero-order valence-electron chi connectivity index (χ0n) is 11.6. The fraction of sp³-hybridized carbons (Fsp3) is 0.462. The Labute approximate surface area is 119 Å². The molecule has 0 saturated carbocycles. The molecule has 0 aliphatic heterocycles. The summed E-state index contributed by atoms with van der Waals surface area (Å²) in [5, 5.41) is 0. The molecule has 0 aliphatic rings. The van der Waals surface area contributed by atoms with E-state index in [1.807, 2.05) is 0 Å². The quantitative estimate of drug-likeness (QED) is 0.576. The van der Waals surface area contributed by atoms with Crippen molar-refractivity contribution in [1.82, 2.24) is 4.72 Å². The van der Waals surface area contributed by atoms with E-state index in [1.165, 1.54) is 24.3 Å². The van der Waals surface area contributed by atoms with E-state index in [-0.39, 0.29) is 11.5 Å². The Morgan fingerprint density at radius 2 is 1.90 bits per heavy atom. The normalized spacial score (nSPS) is 11.3. The number of hydrogen-bond donors (Lipinski definition) is 1. The summed E-state index contributed by atoms with van der Waals surface area (Å²) < 4.78 is 36.0. The van der Waals surface area contributed by atoms with E-state index in [9.17, 15) is 13.2 Å². The van der Waals surface area contributed by atoms with Crippen LogP contribution in [-0.4, -0.2) is 41.3 Å². The van der Waals surface area contributed by atoms with Crippen molar-refractivity contribution in [3.05, 3.63) is 29.8 Å². The molecule has 0 amide bonds. The molecule has 0 aliphatic carbocycles. The van der Waals surface area contributed by atoms with Crippen LogP contribution in [0.3, 0.4) is 0 Å². The second kappa shape index (κ2) is 7.98. The summed E-state index contributed by atoms with van der Waals surface area (Å²) >= 11 is 0. The number of nitrogens with one attached hydrogen (secondary N) is 1. The van der Waals surface area contributed by atoms with Gasteiger partial charge >= 0.3 is 5.97 Å². The predicted octanol–water partition coefficient (Wildman–Crippen LogP) is 1.18. The molecule has 6 nitrogen and oxygen atoms in total. The molecule has 7 heteroatoms. The lowest BCUT2D eigenvalue weighted by Crippen LogP contribution is -2.25. The van der Waals surface area contributed by atoms with Crippen LogP contribution in [0.4, 0.5) is 0 Å². The number of sulfonamides is 1. The van der Waals surface area contributed by atoms with Crippen molar-refractivity contribution in [2.45, 2.75) is 18.2 Å². The molecule has 0 bridgehead atoms. The fourth-order valence-electron chi connectivity index (χ4n) is 1.49. The van der Waals surface area contributed by atoms with Gasteiger partial charge in [0.2, 0.25) is 10.0 Å². The van der Waals surface area contributed by atoms with E-state index >= 15 is 0 Å². The molecule has 0 fully saturated rings. The summed E-state index contributed by atoms with van der Waals surface area (Å²) in [6, 6.07) is 5.62. The average molecular weight is 301 g/mol. The summed E-state index contributed by atoms with van der Waals surface area (Å²) in [4.78, 5) is 11.6. The molecule has 0 spiro atoms. The highest BCUT2D eigenvalue weighted by Gasteiger charge is 2.14. The van der Waals surface area contributed by atoms with Gasteiger partial charge in [0.25, 0.3) is 0 Å². The minimum absolute atomic E-state index is 0.114. The largest absolute Gasteiger partial charge is 0.462 e. The minimum Gasteiger partial charge on any atom is -0.462 e. The Balaban J connectivity index is 2.69. The van der Waals surface area contributed by atoms with E-state index < -0.39 is 16.0 Å². The highest BCUT2D eigenvalue weighted by Crippen LogP contribution is 2.11. The molecule has 1 aromatic carbocycles. The van der Waals surface area contributed by atoms with Crippen LogP contribution >= 0.6 is 0 Å². The van der Waals surface area contributed by atoms with Crippen LogP contribution in [0.2, 0.25) is 0 Å². The van der Waals surface area contributed by atoms with E-state index in [2.05, 4.69) is 4.72 Å². The van der Waals surface area contributed by atoms with Gasteiger partial charge in [-0.3, -0.25) is 0 Å². The molecule has 0 radical (unpaired) electrons. The Hall–Kier alpha value is -1.44. The lowest BCUT2D eigenvalue weighted by molar-refractivity contribution is 0.0526. The van der Waals surface area contributed by atoms with Crippen LogP contribution < -0.4 is 4.72 Å². The molecule has 1 rings (SSSR count). The van der Waals surface area contributed by atoms with Gasteiger partial charge in [-0.2, -0.15) is 0 Å². The standard InChI is InChI=1S/C13H19NO5S/c1-3-19-13(15)11-5-7-12(8-6-11)20(16,17)14-9-4-10-18-2/h5-8,14H,3-4,9-10H2,1-2H3. The van der Waals surface area contributed by atoms with Gasteiger partial charge in [0.05, 0.1) is 17.1 Å². The van der Waals surface area contributed by atoms with Gasteiger partial charge in [-0.1, -0.05) is 0 Å². The Kier molecular flexibility index (Phi) is 6.63. The highest BCUT2D eigenvalue weighted by atomic mass is 32.2. The summed E-state index contributed by atoms with van der Waals surface area (Å²) in [6.45, 7) is 2.78. The maximum atomic E-state index is 11.9. The first-order valence-corrected chi connectivity index (χ1v) is 7.75. The van der Waals surface area contributed by atoms with Gasteiger partial charge < -0.3 is 9.47 Å². The van der Waals surface area contributed by atoms with Gasteiger partial charge in [-0.15, -0.1) is 0 Å². The molecule has 0 atom stereocenters. The van der Waals surface area contributed by atoms with Crippen LogP contribution in [0.15, 0.2) is 29.2 Å². The number of methoxy groups -OCH3 is 1. The van der Waals surface area contributed by atoms with E-state index in [0.717, 1.165) is 0 Å². The lowest BCUT2D eigenvalue weighted by Gasteiger charge is -2.07. The number of carbonyl (C=O) groups excluding carboxylic acids is 1. The molecule has 1 aromatic rings. The molecule has 0 heterocycles. The second-order valence-corrected chi connectivity index (χ2v) is 5.76. The lowest BCUT2D eigenvalue weighted by atomic mass is 10.2. The molecule has 20 heavy (non-hydrogen) atoms. The fourth-order valence-corrected chi connectivity index (χ4v) is 2.57. The third kappa shape index (κ3) is 4.92. The topological polar surface area (TPSA) is 81.7 Å². The molecule has 112 valence electrons.